The van der Waals surface area contributed by atoms with Gasteiger partial charge in [0, 0.05) is 19.7 Å². The van der Waals surface area contributed by atoms with Crippen molar-refractivity contribution in [1.29, 1.82) is 0 Å². The molecule has 1 heterocycles. The highest BCUT2D eigenvalue weighted by Crippen LogP contribution is 2.19. The molecule has 1 atom stereocenters. The van der Waals surface area contributed by atoms with Gasteiger partial charge in [-0.15, -0.1) is 0 Å². The molecule has 4 heteroatoms. The second-order valence-electron chi connectivity index (χ2n) is 4.57. The van der Waals surface area contributed by atoms with Crippen molar-refractivity contribution < 1.29 is 13.9 Å². The lowest BCUT2D eigenvalue weighted by molar-refractivity contribution is 0.109. The fraction of sp³-hybridized carbons (Fsp3) is 0.571. The van der Waals surface area contributed by atoms with Gasteiger partial charge in [0.2, 0.25) is 0 Å². The molecular formula is C14H20FNO2. The van der Waals surface area contributed by atoms with Crippen molar-refractivity contribution in [2.45, 2.75) is 25.9 Å². The number of ether oxygens (including phenoxy) is 2. The molecule has 1 aromatic carbocycles. The molecule has 0 amide bonds. The van der Waals surface area contributed by atoms with Gasteiger partial charge in [0.05, 0.1) is 6.10 Å². The Morgan fingerprint density at radius 3 is 3.17 bits per heavy atom. The minimum absolute atomic E-state index is 0.267. The normalized spacial score (nSPS) is 19.1. The SMILES string of the molecule is Cc1cccc(OCCNCC2CCCO2)c1F. The fourth-order valence-corrected chi connectivity index (χ4v) is 2.03. The van der Waals surface area contributed by atoms with Crippen LogP contribution in [0, 0.1) is 12.7 Å². The molecule has 0 aromatic heterocycles. The third kappa shape index (κ3) is 3.68. The van der Waals surface area contributed by atoms with Crippen molar-refractivity contribution >= 4 is 0 Å². The van der Waals surface area contributed by atoms with Crippen LogP contribution in [0.25, 0.3) is 0 Å². The van der Waals surface area contributed by atoms with Crippen molar-refractivity contribution in [1.82, 2.24) is 5.32 Å². The van der Waals surface area contributed by atoms with E-state index >= 15 is 0 Å². The lowest BCUT2D eigenvalue weighted by atomic mass is 10.2. The minimum Gasteiger partial charge on any atom is -0.489 e. The lowest BCUT2D eigenvalue weighted by Gasteiger charge is -2.12. The van der Waals surface area contributed by atoms with Crippen LogP contribution in [0.3, 0.4) is 0 Å². The van der Waals surface area contributed by atoms with E-state index in [1.165, 1.54) is 0 Å². The molecule has 0 bridgehead atoms. The van der Waals surface area contributed by atoms with Gasteiger partial charge in [-0.3, -0.25) is 0 Å². The van der Waals surface area contributed by atoms with E-state index in [0.717, 1.165) is 26.0 Å². The van der Waals surface area contributed by atoms with Gasteiger partial charge < -0.3 is 14.8 Å². The number of hydrogen-bond donors (Lipinski definition) is 1. The fourth-order valence-electron chi connectivity index (χ4n) is 2.03. The van der Waals surface area contributed by atoms with E-state index in [2.05, 4.69) is 5.32 Å². The standard InChI is InChI=1S/C14H20FNO2/c1-11-4-2-6-13(14(11)15)18-9-7-16-10-12-5-3-8-17-12/h2,4,6,12,16H,3,5,7-10H2,1H3. The Kier molecular flexibility index (Phi) is 4.96. The van der Waals surface area contributed by atoms with Crippen LogP contribution in [0.2, 0.25) is 0 Å². The Hall–Kier alpha value is -1.13. The van der Waals surface area contributed by atoms with E-state index in [-0.39, 0.29) is 5.82 Å². The molecule has 2 rings (SSSR count). The van der Waals surface area contributed by atoms with Crippen molar-refractivity contribution in [3.8, 4) is 5.75 Å². The largest absolute Gasteiger partial charge is 0.489 e. The molecule has 0 spiro atoms. The minimum atomic E-state index is -0.267. The zero-order valence-corrected chi connectivity index (χ0v) is 10.7. The molecule has 1 aromatic rings. The predicted molar refractivity (Wildman–Crippen MR) is 68.5 cm³/mol. The predicted octanol–water partition coefficient (Wildman–Crippen LogP) is 2.28. The van der Waals surface area contributed by atoms with Crippen LogP contribution in [0.5, 0.6) is 5.75 Å². The maximum absolute atomic E-state index is 13.6. The second kappa shape index (κ2) is 6.71. The summed E-state index contributed by atoms with van der Waals surface area (Å²) in [7, 11) is 0. The van der Waals surface area contributed by atoms with Gasteiger partial charge >= 0.3 is 0 Å². The van der Waals surface area contributed by atoms with Gasteiger partial charge in [-0.25, -0.2) is 4.39 Å². The van der Waals surface area contributed by atoms with E-state index in [4.69, 9.17) is 9.47 Å². The molecule has 18 heavy (non-hydrogen) atoms. The molecule has 1 unspecified atom stereocenters. The maximum Gasteiger partial charge on any atom is 0.167 e. The number of benzene rings is 1. The summed E-state index contributed by atoms with van der Waals surface area (Å²) >= 11 is 0. The van der Waals surface area contributed by atoms with Gasteiger partial charge in [0.1, 0.15) is 6.61 Å². The smallest absolute Gasteiger partial charge is 0.167 e. The topological polar surface area (TPSA) is 30.5 Å². The summed E-state index contributed by atoms with van der Waals surface area (Å²) in [6, 6.07) is 5.19. The van der Waals surface area contributed by atoms with Crippen LogP contribution in [0.15, 0.2) is 18.2 Å². The van der Waals surface area contributed by atoms with Gasteiger partial charge in [-0.1, -0.05) is 12.1 Å². The number of aryl methyl sites for hydroxylation is 1. The quantitative estimate of drug-likeness (QED) is 0.789. The Morgan fingerprint density at radius 2 is 2.39 bits per heavy atom. The number of nitrogens with one attached hydrogen (secondary N) is 1. The first-order valence-corrected chi connectivity index (χ1v) is 6.47. The highest BCUT2D eigenvalue weighted by molar-refractivity contribution is 5.29. The summed E-state index contributed by atoms with van der Waals surface area (Å²) in [6.07, 6.45) is 2.61. The highest BCUT2D eigenvalue weighted by Gasteiger charge is 2.14. The van der Waals surface area contributed by atoms with Crippen molar-refractivity contribution in [3.05, 3.63) is 29.6 Å². The molecule has 0 radical (unpaired) electrons. The first kappa shape index (κ1) is 13.3. The van der Waals surface area contributed by atoms with Gasteiger partial charge in [-0.2, -0.15) is 0 Å². The third-order valence-corrected chi connectivity index (χ3v) is 3.09. The molecule has 1 aliphatic rings. The molecule has 100 valence electrons. The van der Waals surface area contributed by atoms with Crippen molar-refractivity contribution in [2.24, 2.45) is 0 Å². The summed E-state index contributed by atoms with van der Waals surface area (Å²) in [5.41, 5.74) is 0.611. The average Bonchev–Trinajstić information content (AvgIpc) is 2.87. The zero-order chi connectivity index (χ0) is 12.8. The molecular weight excluding hydrogens is 233 g/mol. The van der Waals surface area contributed by atoms with Crippen LogP contribution in [0.4, 0.5) is 4.39 Å². The molecule has 1 aliphatic heterocycles. The first-order valence-electron chi connectivity index (χ1n) is 6.47. The van der Waals surface area contributed by atoms with Gasteiger partial charge in [0.15, 0.2) is 11.6 Å². The van der Waals surface area contributed by atoms with Crippen LogP contribution >= 0.6 is 0 Å². The molecule has 0 aliphatic carbocycles. The summed E-state index contributed by atoms with van der Waals surface area (Å²) in [6.45, 7) is 4.62. The monoisotopic (exact) mass is 253 g/mol. The van der Waals surface area contributed by atoms with Gasteiger partial charge in [-0.05, 0) is 31.4 Å². The van der Waals surface area contributed by atoms with E-state index in [0.29, 0.717) is 30.6 Å². The molecule has 1 fully saturated rings. The molecule has 0 saturated carbocycles. The Bertz CT molecular complexity index is 378. The maximum atomic E-state index is 13.6. The number of halogens is 1. The Balaban J connectivity index is 1.64. The number of hydrogen-bond acceptors (Lipinski definition) is 3. The zero-order valence-electron chi connectivity index (χ0n) is 10.7. The van der Waals surface area contributed by atoms with E-state index in [1.807, 2.05) is 0 Å². The lowest BCUT2D eigenvalue weighted by Crippen LogP contribution is -2.29. The number of rotatable bonds is 6. The third-order valence-electron chi connectivity index (χ3n) is 3.09. The average molecular weight is 253 g/mol. The Labute approximate surface area is 107 Å². The molecule has 1 saturated heterocycles. The van der Waals surface area contributed by atoms with Crippen LogP contribution in [-0.4, -0.2) is 32.4 Å². The second-order valence-corrected chi connectivity index (χ2v) is 4.57. The van der Waals surface area contributed by atoms with Crippen molar-refractivity contribution in [3.63, 3.8) is 0 Å². The summed E-state index contributed by atoms with van der Waals surface area (Å²) in [5, 5.41) is 3.26. The van der Waals surface area contributed by atoms with E-state index in [1.54, 1.807) is 25.1 Å². The van der Waals surface area contributed by atoms with Crippen LogP contribution < -0.4 is 10.1 Å². The molecule has 3 nitrogen and oxygen atoms in total. The summed E-state index contributed by atoms with van der Waals surface area (Å²) in [4.78, 5) is 0. The van der Waals surface area contributed by atoms with E-state index in [9.17, 15) is 4.39 Å². The van der Waals surface area contributed by atoms with Crippen LogP contribution in [-0.2, 0) is 4.74 Å². The van der Waals surface area contributed by atoms with Crippen LogP contribution in [0.1, 0.15) is 18.4 Å². The van der Waals surface area contributed by atoms with Crippen molar-refractivity contribution in [2.75, 3.05) is 26.3 Å². The first-order chi connectivity index (χ1) is 8.77. The van der Waals surface area contributed by atoms with E-state index < -0.39 is 0 Å². The summed E-state index contributed by atoms with van der Waals surface area (Å²) in [5.74, 6) is 0.0607. The Morgan fingerprint density at radius 1 is 1.50 bits per heavy atom. The highest BCUT2D eigenvalue weighted by atomic mass is 19.1. The molecule has 1 N–H and O–H groups in total. The van der Waals surface area contributed by atoms with Gasteiger partial charge in [0.25, 0.3) is 0 Å². The summed E-state index contributed by atoms with van der Waals surface area (Å²) < 4.78 is 24.5.